The second-order valence-corrected chi connectivity index (χ2v) is 4.61. The number of fused-ring (bicyclic) bond motifs is 1. The predicted molar refractivity (Wildman–Crippen MR) is 52.8 cm³/mol. The fraction of sp³-hybridized carbons (Fsp3) is 0.222. The van der Waals surface area contributed by atoms with Gasteiger partial charge in [-0.2, -0.15) is 0 Å². The summed E-state index contributed by atoms with van der Waals surface area (Å²) in [4.78, 5) is 11.3. The Morgan fingerprint density at radius 3 is 2.93 bits per heavy atom. The Morgan fingerprint density at radius 1 is 1.50 bits per heavy atom. The lowest BCUT2D eigenvalue weighted by molar-refractivity contribution is -0.136. The Hall–Kier alpha value is -1.36. The maximum Gasteiger partial charge on any atom is 0.321 e. The molecule has 1 aliphatic heterocycles. The Bertz CT molecular complexity index is 405. The van der Waals surface area contributed by atoms with Gasteiger partial charge in [-0.1, -0.05) is 12.1 Å². The number of para-hydroxylation sites is 1. The number of anilines is 1. The zero-order chi connectivity index (χ0) is 10.1. The Balaban J connectivity index is 2.41. The topological polar surface area (TPSA) is 66.4 Å². The molecule has 0 spiro atoms. The highest BCUT2D eigenvalue weighted by Crippen LogP contribution is 2.25. The first-order valence-corrected chi connectivity index (χ1v) is 5.38. The van der Waals surface area contributed by atoms with Gasteiger partial charge in [0.1, 0.15) is 0 Å². The van der Waals surface area contributed by atoms with E-state index in [9.17, 15) is 9.00 Å². The molecule has 0 fully saturated rings. The van der Waals surface area contributed by atoms with Crippen molar-refractivity contribution in [2.24, 2.45) is 0 Å². The van der Waals surface area contributed by atoms with Crippen LogP contribution in [0.5, 0.6) is 0 Å². The van der Waals surface area contributed by atoms with E-state index in [-0.39, 0.29) is 6.54 Å². The molecule has 0 saturated heterocycles. The summed E-state index contributed by atoms with van der Waals surface area (Å²) >= 11 is 0. The van der Waals surface area contributed by atoms with E-state index in [2.05, 4.69) is 5.32 Å². The van der Waals surface area contributed by atoms with Crippen molar-refractivity contribution in [2.75, 3.05) is 11.9 Å². The van der Waals surface area contributed by atoms with Crippen LogP contribution >= 0.6 is 0 Å². The quantitative estimate of drug-likeness (QED) is 0.716. The van der Waals surface area contributed by atoms with Crippen LogP contribution in [0.3, 0.4) is 0 Å². The van der Waals surface area contributed by atoms with Gasteiger partial charge in [-0.05, 0) is 12.1 Å². The smallest absolute Gasteiger partial charge is 0.321 e. The molecule has 14 heavy (non-hydrogen) atoms. The highest BCUT2D eigenvalue weighted by atomic mass is 32.2. The van der Waals surface area contributed by atoms with Gasteiger partial charge in [0, 0.05) is 6.54 Å². The highest BCUT2D eigenvalue weighted by Gasteiger charge is 2.30. The summed E-state index contributed by atoms with van der Waals surface area (Å²) < 4.78 is 11.7. The molecule has 1 aromatic rings. The normalized spacial score (nSPS) is 24.9. The summed E-state index contributed by atoms with van der Waals surface area (Å²) in [6, 6.07) is 7.06. The van der Waals surface area contributed by atoms with Crippen molar-refractivity contribution < 1.29 is 14.1 Å². The van der Waals surface area contributed by atoms with Crippen molar-refractivity contribution in [1.29, 1.82) is 0 Å². The number of hydrogen-bond donors (Lipinski definition) is 2. The average molecular weight is 211 g/mol. The van der Waals surface area contributed by atoms with Gasteiger partial charge in [0.15, 0.2) is 5.25 Å². The molecule has 4 nitrogen and oxygen atoms in total. The fourth-order valence-electron chi connectivity index (χ4n) is 1.40. The van der Waals surface area contributed by atoms with E-state index in [1.54, 1.807) is 18.2 Å². The predicted octanol–water partition coefficient (Wildman–Crippen LogP) is 0.673. The number of nitrogens with one attached hydrogen (secondary N) is 1. The number of carbonyl (C=O) groups is 1. The Morgan fingerprint density at radius 2 is 2.21 bits per heavy atom. The van der Waals surface area contributed by atoms with Crippen molar-refractivity contribution in [3.8, 4) is 0 Å². The summed E-state index contributed by atoms with van der Waals surface area (Å²) in [5, 5.41) is 10.9. The molecule has 0 bridgehead atoms. The van der Waals surface area contributed by atoms with Crippen LogP contribution in [0.4, 0.5) is 5.69 Å². The van der Waals surface area contributed by atoms with E-state index in [0.29, 0.717) is 4.90 Å². The van der Waals surface area contributed by atoms with Gasteiger partial charge >= 0.3 is 5.97 Å². The number of carboxylic acid groups (broad SMARTS) is 1. The van der Waals surface area contributed by atoms with Crippen molar-refractivity contribution in [3.05, 3.63) is 24.3 Å². The van der Waals surface area contributed by atoms with Gasteiger partial charge in [-0.3, -0.25) is 9.00 Å². The molecule has 1 aliphatic rings. The van der Waals surface area contributed by atoms with Gasteiger partial charge in [-0.25, -0.2) is 0 Å². The number of aliphatic carboxylic acids is 1. The van der Waals surface area contributed by atoms with Crippen LogP contribution < -0.4 is 5.32 Å². The van der Waals surface area contributed by atoms with E-state index >= 15 is 0 Å². The molecule has 2 unspecified atom stereocenters. The number of benzene rings is 1. The lowest BCUT2D eigenvalue weighted by Gasteiger charge is -2.22. The standard InChI is InChI=1S/C9H9NO3S/c11-9(12)8-5-10-6-3-1-2-4-7(6)14(8)13/h1-4,8,10H,5H2,(H,11,12). The molecule has 2 rings (SSSR count). The van der Waals surface area contributed by atoms with Gasteiger partial charge in [-0.15, -0.1) is 0 Å². The monoisotopic (exact) mass is 211 g/mol. The number of hydrogen-bond acceptors (Lipinski definition) is 3. The molecule has 1 aromatic carbocycles. The molecule has 0 radical (unpaired) electrons. The maximum absolute atomic E-state index is 11.7. The Kier molecular flexibility index (Phi) is 2.25. The maximum atomic E-state index is 11.7. The zero-order valence-electron chi connectivity index (χ0n) is 7.27. The number of rotatable bonds is 1. The van der Waals surface area contributed by atoms with Crippen molar-refractivity contribution >= 4 is 22.5 Å². The highest BCUT2D eigenvalue weighted by molar-refractivity contribution is 7.86. The molecule has 2 N–H and O–H groups in total. The average Bonchev–Trinajstić information content (AvgIpc) is 2.18. The minimum absolute atomic E-state index is 0.221. The van der Waals surface area contributed by atoms with E-state index in [1.807, 2.05) is 6.07 Å². The summed E-state index contributed by atoms with van der Waals surface area (Å²) in [5.41, 5.74) is 0.767. The van der Waals surface area contributed by atoms with Gasteiger partial charge < -0.3 is 10.4 Å². The van der Waals surface area contributed by atoms with Gasteiger partial charge in [0.05, 0.1) is 21.4 Å². The van der Waals surface area contributed by atoms with E-state index in [1.165, 1.54) is 0 Å². The third kappa shape index (κ3) is 1.39. The Labute approximate surface area is 83.4 Å². The van der Waals surface area contributed by atoms with Crippen molar-refractivity contribution in [3.63, 3.8) is 0 Å². The van der Waals surface area contributed by atoms with Crippen LogP contribution in [0.15, 0.2) is 29.2 Å². The molecular weight excluding hydrogens is 202 g/mol. The second-order valence-electron chi connectivity index (χ2n) is 3.00. The van der Waals surface area contributed by atoms with Gasteiger partial charge in [0.25, 0.3) is 0 Å². The first-order valence-electron chi connectivity index (χ1n) is 4.16. The minimum Gasteiger partial charge on any atom is -0.480 e. The minimum atomic E-state index is -1.45. The summed E-state index contributed by atoms with van der Waals surface area (Å²) in [7, 11) is -1.45. The fourth-order valence-corrected chi connectivity index (χ4v) is 2.69. The second kappa shape index (κ2) is 3.42. The van der Waals surface area contributed by atoms with E-state index in [0.717, 1.165) is 5.69 Å². The van der Waals surface area contributed by atoms with Crippen molar-refractivity contribution in [2.45, 2.75) is 10.1 Å². The van der Waals surface area contributed by atoms with Crippen LogP contribution in [0.1, 0.15) is 0 Å². The lowest BCUT2D eigenvalue weighted by atomic mass is 10.3. The third-order valence-electron chi connectivity index (χ3n) is 2.12. The number of carboxylic acids is 1. The first-order chi connectivity index (χ1) is 6.70. The largest absolute Gasteiger partial charge is 0.480 e. The summed E-state index contributed by atoms with van der Waals surface area (Å²) in [6.07, 6.45) is 0. The molecule has 0 saturated carbocycles. The lowest BCUT2D eigenvalue weighted by Crippen LogP contribution is -2.36. The van der Waals surface area contributed by atoms with Crippen molar-refractivity contribution in [1.82, 2.24) is 0 Å². The third-order valence-corrected chi connectivity index (χ3v) is 3.79. The molecule has 5 heteroatoms. The van der Waals surface area contributed by atoms with Crippen LogP contribution in [0.2, 0.25) is 0 Å². The van der Waals surface area contributed by atoms with Crippen LogP contribution in [0, 0.1) is 0 Å². The molecule has 1 heterocycles. The SMILES string of the molecule is O=C(O)C1CNc2ccccc2S1=O. The zero-order valence-corrected chi connectivity index (χ0v) is 8.08. The van der Waals surface area contributed by atoms with Crippen LogP contribution in [-0.2, 0) is 15.6 Å². The van der Waals surface area contributed by atoms with Crippen LogP contribution in [-0.4, -0.2) is 27.1 Å². The molecular formula is C9H9NO3S. The molecule has 0 amide bonds. The van der Waals surface area contributed by atoms with Gasteiger partial charge in [0.2, 0.25) is 0 Å². The first kappa shape index (κ1) is 9.21. The summed E-state index contributed by atoms with van der Waals surface area (Å²) in [5.74, 6) is -1.02. The molecule has 0 aromatic heterocycles. The molecule has 74 valence electrons. The van der Waals surface area contributed by atoms with Crippen LogP contribution in [0.25, 0.3) is 0 Å². The van der Waals surface area contributed by atoms with E-state index in [4.69, 9.17) is 5.11 Å². The molecule has 0 aliphatic carbocycles. The van der Waals surface area contributed by atoms with E-state index < -0.39 is 22.0 Å². The molecule has 2 atom stereocenters. The summed E-state index contributed by atoms with van der Waals surface area (Å²) in [6.45, 7) is 0.221.